The second kappa shape index (κ2) is 11.3. The van der Waals surface area contributed by atoms with E-state index < -0.39 is 0 Å². The minimum absolute atomic E-state index is 0.0123. The highest BCUT2D eigenvalue weighted by molar-refractivity contribution is 5.91. The molecular weight excluding hydrogens is 364 g/mol. The normalized spacial score (nSPS) is 11.0. The van der Waals surface area contributed by atoms with Crippen LogP contribution >= 0.6 is 0 Å². The highest BCUT2D eigenvalue weighted by Gasteiger charge is 2.06. The third-order valence-corrected chi connectivity index (χ3v) is 4.40. The van der Waals surface area contributed by atoms with Gasteiger partial charge in [-0.3, -0.25) is 9.59 Å². The maximum Gasteiger partial charge on any atom is 0.225 e. The summed E-state index contributed by atoms with van der Waals surface area (Å²) >= 11 is 0. The van der Waals surface area contributed by atoms with E-state index in [9.17, 15) is 9.59 Å². The third kappa shape index (κ3) is 8.89. The minimum Gasteiger partial charge on any atom is -0.326 e. The molecule has 0 fully saturated rings. The molecule has 0 aliphatic heterocycles. The molecule has 0 bridgehead atoms. The molecule has 2 aromatic carbocycles. The average molecular weight is 397 g/mol. The number of nitrogens with zero attached hydrogens (tertiary/aromatic N) is 2. The molecule has 2 aromatic rings. The quantitative estimate of drug-likeness (QED) is 0.648. The number of amides is 2. The Hall–Kier alpha value is -2.70. The Bertz CT molecular complexity index is 751. The molecule has 6 nitrogen and oxygen atoms in total. The number of anilines is 2. The Labute approximate surface area is 173 Å². The maximum absolute atomic E-state index is 12.0. The number of carbonyl (C=O) groups excluding carboxylic acids is 2. The fraction of sp³-hybridized carbons (Fsp3) is 0.391. The van der Waals surface area contributed by atoms with E-state index in [-0.39, 0.29) is 11.8 Å². The zero-order valence-electron chi connectivity index (χ0n) is 17.9. The molecule has 0 heterocycles. The molecule has 0 atom stereocenters. The Morgan fingerprint density at radius 3 is 1.52 bits per heavy atom. The van der Waals surface area contributed by atoms with Gasteiger partial charge in [-0.05, 0) is 70.0 Å². The predicted octanol–water partition coefficient (Wildman–Crippen LogP) is 3.06. The van der Waals surface area contributed by atoms with Gasteiger partial charge < -0.3 is 20.4 Å². The van der Waals surface area contributed by atoms with Gasteiger partial charge in [-0.15, -0.1) is 0 Å². The summed E-state index contributed by atoms with van der Waals surface area (Å²) in [7, 11) is 7.80. The third-order valence-electron chi connectivity index (χ3n) is 4.40. The SMILES string of the molecule is CN(C)CCC(=O)Nc1cccc(Cc2cccc(NC(=O)CCN(C)C)c2)c1. The number of hydrogen-bond acceptors (Lipinski definition) is 4. The molecule has 2 rings (SSSR count). The van der Waals surface area contributed by atoms with Crippen molar-refractivity contribution in [2.45, 2.75) is 19.3 Å². The van der Waals surface area contributed by atoms with Crippen LogP contribution in [0.2, 0.25) is 0 Å². The first-order valence-electron chi connectivity index (χ1n) is 9.89. The molecule has 0 aliphatic carbocycles. The van der Waals surface area contributed by atoms with E-state index in [1.165, 1.54) is 0 Å². The number of carbonyl (C=O) groups is 2. The van der Waals surface area contributed by atoms with Crippen molar-refractivity contribution in [2.24, 2.45) is 0 Å². The van der Waals surface area contributed by atoms with E-state index in [4.69, 9.17) is 0 Å². The summed E-state index contributed by atoms with van der Waals surface area (Å²) in [5.41, 5.74) is 3.82. The fourth-order valence-electron chi connectivity index (χ4n) is 2.85. The lowest BCUT2D eigenvalue weighted by atomic mass is 10.0. The number of benzene rings is 2. The van der Waals surface area contributed by atoms with Crippen molar-refractivity contribution in [3.05, 3.63) is 59.7 Å². The predicted molar refractivity (Wildman–Crippen MR) is 119 cm³/mol. The maximum atomic E-state index is 12.0. The Morgan fingerprint density at radius 2 is 1.14 bits per heavy atom. The van der Waals surface area contributed by atoms with Crippen LogP contribution in [0, 0.1) is 0 Å². The summed E-state index contributed by atoms with van der Waals surface area (Å²) < 4.78 is 0. The Morgan fingerprint density at radius 1 is 0.724 bits per heavy atom. The van der Waals surface area contributed by atoms with Crippen LogP contribution in [0.25, 0.3) is 0 Å². The van der Waals surface area contributed by atoms with Crippen molar-refractivity contribution in [1.82, 2.24) is 9.80 Å². The van der Waals surface area contributed by atoms with Gasteiger partial charge in [0.1, 0.15) is 0 Å². The van der Waals surface area contributed by atoms with Gasteiger partial charge >= 0.3 is 0 Å². The molecule has 2 N–H and O–H groups in total. The van der Waals surface area contributed by atoms with Crippen LogP contribution in [-0.4, -0.2) is 62.9 Å². The Balaban J connectivity index is 1.96. The topological polar surface area (TPSA) is 64.7 Å². The van der Waals surface area contributed by atoms with E-state index in [1.54, 1.807) is 0 Å². The molecule has 2 amide bonds. The molecule has 6 heteroatoms. The van der Waals surface area contributed by atoms with Crippen LogP contribution in [-0.2, 0) is 16.0 Å². The number of nitrogens with one attached hydrogen (secondary N) is 2. The van der Waals surface area contributed by atoms with E-state index >= 15 is 0 Å². The van der Waals surface area contributed by atoms with E-state index in [0.29, 0.717) is 12.8 Å². The molecule has 0 radical (unpaired) electrons. The van der Waals surface area contributed by atoms with E-state index in [2.05, 4.69) is 10.6 Å². The van der Waals surface area contributed by atoms with Gasteiger partial charge in [0.25, 0.3) is 0 Å². The Kier molecular flexibility index (Phi) is 8.83. The van der Waals surface area contributed by atoms with Gasteiger partial charge in [0.05, 0.1) is 0 Å². The van der Waals surface area contributed by atoms with Gasteiger partial charge in [-0.2, -0.15) is 0 Å². The van der Waals surface area contributed by atoms with Crippen molar-refractivity contribution in [1.29, 1.82) is 0 Å². The van der Waals surface area contributed by atoms with Gasteiger partial charge in [0.2, 0.25) is 11.8 Å². The molecule has 0 spiro atoms. The highest BCUT2D eigenvalue weighted by atomic mass is 16.2. The second-order valence-electron chi connectivity index (χ2n) is 7.78. The number of rotatable bonds is 10. The molecule has 0 saturated heterocycles. The van der Waals surface area contributed by atoms with Crippen molar-refractivity contribution in [2.75, 3.05) is 51.9 Å². The first-order chi connectivity index (χ1) is 13.8. The smallest absolute Gasteiger partial charge is 0.225 e. The average Bonchev–Trinajstić information content (AvgIpc) is 2.65. The van der Waals surface area contributed by atoms with Crippen molar-refractivity contribution < 1.29 is 9.59 Å². The second-order valence-corrected chi connectivity index (χ2v) is 7.78. The molecule has 0 aliphatic rings. The van der Waals surface area contributed by atoms with Crippen LogP contribution < -0.4 is 10.6 Å². The molecule has 0 saturated carbocycles. The zero-order valence-corrected chi connectivity index (χ0v) is 17.9. The standard InChI is InChI=1S/C23H32N4O2/c1-26(2)13-11-22(28)24-20-9-5-7-18(16-20)15-19-8-6-10-21(17-19)25-23(29)12-14-27(3)4/h5-10,16-17H,11-15H2,1-4H3,(H,24,28)(H,25,29). The molecule has 0 unspecified atom stereocenters. The monoisotopic (exact) mass is 396 g/mol. The molecular formula is C23H32N4O2. The summed E-state index contributed by atoms with van der Waals surface area (Å²) in [6.45, 7) is 1.44. The summed E-state index contributed by atoms with van der Waals surface area (Å²) in [5, 5.41) is 5.91. The lowest BCUT2D eigenvalue weighted by molar-refractivity contribution is -0.117. The first kappa shape index (κ1) is 22.6. The largest absolute Gasteiger partial charge is 0.326 e. The number of hydrogen-bond donors (Lipinski definition) is 2. The van der Waals surface area contributed by atoms with Crippen molar-refractivity contribution in [3.8, 4) is 0 Å². The molecule has 29 heavy (non-hydrogen) atoms. The van der Waals surface area contributed by atoms with Gasteiger partial charge in [-0.25, -0.2) is 0 Å². The highest BCUT2D eigenvalue weighted by Crippen LogP contribution is 2.18. The molecule has 0 aromatic heterocycles. The van der Waals surface area contributed by atoms with Gasteiger partial charge in [0, 0.05) is 37.3 Å². The summed E-state index contributed by atoms with van der Waals surface area (Å²) in [4.78, 5) is 28.1. The lowest BCUT2D eigenvalue weighted by Gasteiger charge is -2.12. The van der Waals surface area contributed by atoms with Crippen LogP contribution in [0.4, 0.5) is 11.4 Å². The summed E-state index contributed by atoms with van der Waals surface area (Å²) in [6.07, 6.45) is 1.66. The van der Waals surface area contributed by atoms with Crippen LogP contribution in [0.3, 0.4) is 0 Å². The summed E-state index contributed by atoms with van der Waals surface area (Å²) in [5.74, 6) is 0.0246. The van der Waals surface area contributed by atoms with Crippen molar-refractivity contribution >= 4 is 23.2 Å². The van der Waals surface area contributed by atoms with Crippen LogP contribution in [0.5, 0.6) is 0 Å². The lowest BCUT2D eigenvalue weighted by Crippen LogP contribution is -2.20. The van der Waals surface area contributed by atoms with Gasteiger partial charge in [0.15, 0.2) is 0 Å². The van der Waals surface area contributed by atoms with E-state index in [0.717, 1.165) is 42.0 Å². The minimum atomic E-state index is 0.0123. The zero-order chi connectivity index (χ0) is 21.2. The molecule has 156 valence electrons. The van der Waals surface area contributed by atoms with E-state index in [1.807, 2.05) is 86.5 Å². The summed E-state index contributed by atoms with van der Waals surface area (Å²) in [6, 6.07) is 15.8. The first-order valence-corrected chi connectivity index (χ1v) is 9.89. The van der Waals surface area contributed by atoms with Crippen LogP contribution in [0.15, 0.2) is 48.5 Å². The van der Waals surface area contributed by atoms with Crippen molar-refractivity contribution in [3.63, 3.8) is 0 Å². The van der Waals surface area contributed by atoms with Crippen LogP contribution in [0.1, 0.15) is 24.0 Å². The van der Waals surface area contributed by atoms with Gasteiger partial charge in [-0.1, -0.05) is 24.3 Å². The fourth-order valence-corrected chi connectivity index (χ4v) is 2.85.